The average Bonchev–Trinajstić information content (AvgIpc) is 2.65. The monoisotopic (exact) mass is 411 g/mol. The molecule has 29 heavy (non-hydrogen) atoms. The van der Waals surface area contributed by atoms with Gasteiger partial charge in [-0.25, -0.2) is 0 Å². The average molecular weight is 412 g/mol. The van der Waals surface area contributed by atoms with Gasteiger partial charge in [-0.15, -0.1) is 0 Å². The van der Waals surface area contributed by atoms with E-state index in [1.165, 1.54) is 6.42 Å². The zero-order valence-electron chi connectivity index (χ0n) is 17.0. The van der Waals surface area contributed by atoms with Gasteiger partial charge in [0.25, 0.3) is 0 Å². The van der Waals surface area contributed by atoms with Gasteiger partial charge in [-0.05, 0) is 55.0 Å². The number of hydrogen-bond donors (Lipinski definition) is 1. The third-order valence-corrected chi connectivity index (χ3v) is 6.03. The third kappa shape index (κ3) is 3.92. The van der Waals surface area contributed by atoms with Crippen molar-refractivity contribution in [1.82, 2.24) is 4.90 Å². The SMILES string of the molecule is Cc1oc2c(CN3CC(C)CC(C)C3)c(O)ccc2c(=O)c1-c1ccc(Cl)cc1. The van der Waals surface area contributed by atoms with Crippen molar-refractivity contribution in [3.05, 3.63) is 63.0 Å². The molecule has 1 N–H and O–H groups in total. The molecule has 4 nitrogen and oxygen atoms in total. The van der Waals surface area contributed by atoms with Crippen molar-refractivity contribution in [2.45, 2.75) is 33.7 Å². The third-order valence-electron chi connectivity index (χ3n) is 5.77. The molecule has 0 radical (unpaired) electrons. The summed E-state index contributed by atoms with van der Waals surface area (Å²) in [6.07, 6.45) is 1.22. The quantitative estimate of drug-likeness (QED) is 0.609. The molecule has 3 aromatic rings. The van der Waals surface area contributed by atoms with Crippen molar-refractivity contribution in [3.8, 4) is 16.9 Å². The van der Waals surface area contributed by atoms with E-state index in [1.807, 2.05) is 12.1 Å². The van der Waals surface area contributed by atoms with E-state index in [0.29, 0.717) is 51.3 Å². The van der Waals surface area contributed by atoms with Crippen molar-refractivity contribution in [2.75, 3.05) is 13.1 Å². The second-order valence-electron chi connectivity index (χ2n) is 8.45. The highest BCUT2D eigenvalue weighted by Crippen LogP contribution is 2.33. The summed E-state index contributed by atoms with van der Waals surface area (Å²) in [4.78, 5) is 15.6. The van der Waals surface area contributed by atoms with Crippen LogP contribution in [0.1, 0.15) is 31.6 Å². The standard InChI is InChI=1S/C24H26ClNO3/c1-14-10-15(2)12-26(11-14)13-20-21(27)9-8-19-23(28)22(16(3)29-24(19)20)17-4-6-18(25)7-5-17/h4-9,14-15,27H,10-13H2,1-3H3. The van der Waals surface area contributed by atoms with Gasteiger partial charge in [0.1, 0.15) is 17.1 Å². The first-order valence-electron chi connectivity index (χ1n) is 10.1. The number of fused-ring (bicyclic) bond motifs is 1. The lowest BCUT2D eigenvalue weighted by Gasteiger charge is -2.35. The van der Waals surface area contributed by atoms with Crippen LogP contribution in [0.2, 0.25) is 5.02 Å². The van der Waals surface area contributed by atoms with Crippen molar-refractivity contribution < 1.29 is 9.52 Å². The van der Waals surface area contributed by atoms with Crippen LogP contribution >= 0.6 is 11.6 Å². The molecule has 0 spiro atoms. The Kier molecular flexibility index (Phi) is 5.41. The molecular weight excluding hydrogens is 386 g/mol. The van der Waals surface area contributed by atoms with Crippen LogP contribution in [0.5, 0.6) is 5.75 Å². The molecule has 1 saturated heterocycles. The highest BCUT2D eigenvalue weighted by molar-refractivity contribution is 6.30. The van der Waals surface area contributed by atoms with Crippen LogP contribution in [0, 0.1) is 18.8 Å². The number of phenols is 1. The number of nitrogens with zero attached hydrogens (tertiary/aromatic N) is 1. The smallest absolute Gasteiger partial charge is 0.200 e. The van der Waals surface area contributed by atoms with Crippen molar-refractivity contribution >= 4 is 22.6 Å². The number of halogens is 1. The van der Waals surface area contributed by atoms with E-state index >= 15 is 0 Å². The maximum Gasteiger partial charge on any atom is 0.200 e. The molecule has 0 bridgehead atoms. The van der Waals surface area contributed by atoms with E-state index in [4.69, 9.17) is 16.0 Å². The maximum atomic E-state index is 13.3. The minimum atomic E-state index is -0.0901. The summed E-state index contributed by atoms with van der Waals surface area (Å²) < 4.78 is 6.15. The van der Waals surface area contributed by atoms with E-state index in [1.54, 1.807) is 31.2 Å². The van der Waals surface area contributed by atoms with Crippen LogP contribution in [0.4, 0.5) is 0 Å². The van der Waals surface area contributed by atoms with E-state index in [0.717, 1.165) is 18.7 Å². The lowest BCUT2D eigenvalue weighted by atomic mass is 9.91. The summed E-state index contributed by atoms with van der Waals surface area (Å²) in [5.41, 5.74) is 2.39. The Morgan fingerprint density at radius 1 is 1.10 bits per heavy atom. The molecule has 4 rings (SSSR count). The van der Waals surface area contributed by atoms with Gasteiger partial charge in [0.15, 0.2) is 0 Å². The molecule has 5 heteroatoms. The molecule has 2 aromatic carbocycles. The predicted octanol–water partition coefficient (Wildman–Crippen LogP) is 5.61. The molecule has 0 saturated carbocycles. The summed E-state index contributed by atoms with van der Waals surface area (Å²) in [5, 5.41) is 11.7. The Morgan fingerprint density at radius 2 is 1.76 bits per heavy atom. The van der Waals surface area contributed by atoms with Gasteiger partial charge in [-0.1, -0.05) is 37.6 Å². The van der Waals surface area contributed by atoms with Crippen LogP contribution < -0.4 is 5.43 Å². The van der Waals surface area contributed by atoms with Gasteiger partial charge in [-0.2, -0.15) is 0 Å². The van der Waals surface area contributed by atoms with Crippen LogP contribution in [0.25, 0.3) is 22.1 Å². The molecular formula is C24H26ClNO3. The Morgan fingerprint density at radius 3 is 2.41 bits per heavy atom. The fourth-order valence-electron chi connectivity index (χ4n) is 4.66. The fourth-order valence-corrected chi connectivity index (χ4v) is 4.79. The summed E-state index contributed by atoms with van der Waals surface area (Å²) in [6.45, 7) is 8.84. The Labute approximate surface area is 175 Å². The molecule has 2 atom stereocenters. The molecule has 2 heterocycles. The van der Waals surface area contributed by atoms with Gasteiger partial charge in [0.2, 0.25) is 5.43 Å². The number of hydrogen-bond acceptors (Lipinski definition) is 4. The van der Waals surface area contributed by atoms with Crippen LogP contribution in [0.15, 0.2) is 45.6 Å². The molecule has 1 aliphatic heterocycles. The van der Waals surface area contributed by atoms with Gasteiger partial charge in [0.05, 0.1) is 16.5 Å². The summed E-state index contributed by atoms with van der Waals surface area (Å²) >= 11 is 5.99. The lowest BCUT2D eigenvalue weighted by Crippen LogP contribution is -2.38. The summed E-state index contributed by atoms with van der Waals surface area (Å²) in [6, 6.07) is 10.4. The Balaban J connectivity index is 1.81. The number of aryl methyl sites for hydroxylation is 1. The zero-order chi connectivity index (χ0) is 20.7. The Hall–Kier alpha value is -2.30. The van der Waals surface area contributed by atoms with Crippen LogP contribution in [-0.2, 0) is 6.54 Å². The minimum Gasteiger partial charge on any atom is -0.507 e. The van der Waals surface area contributed by atoms with Crippen molar-refractivity contribution in [2.24, 2.45) is 11.8 Å². The first-order valence-corrected chi connectivity index (χ1v) is 10.5. The first-order chi connectivity index (χ1) is 13.8. The highest BCUT2D eigenvalue weighted by Gasteiger charge is 2.25. The normalized spacial score (nSPS) is 20.3. The number of rotatable bonds is 3. The number of likely N-dealkylation sites (tertiary alicyclic amines) is 1. The van der Waals surface area contributed by atoms with E-state index in [-0.39, 0.29) is 11.2 Å². The predicted molar refractivity (Wildman–Crippen MR) is 118 cm³/mol. The molecule has 1 fully saturated rings. The first kappa shape index (κ1) is 20.0. The number of piperidine rings is 1. The van der Waals surface area contributed by atoms with Gasteiger partial charge < -0.3 is 9.52 Å². The second kappa shape index (κ2) is 7.85. The van der Waals surface area contributed by atoms with Crippen molar-refractivity contribution in [1.29, 1.82) is 0 Å². The van der Waals surface area contributed by atoms with Crippen molar-refractivity contribution in [3.63, 3.8) is 0 Å². The highest BCUT2D eigenvalue weighted by atomic mass is 35.5. The largest absolute Gasteiger partial charge is 0.507 e. The molecule has 1 aliphatic rings. The van der Waals surface area contributed by atoms with E-state index < -0.39 is 0 Å². The maximum absolute atomic E-state index is 13.3. The van der Waals surface area contributed by atoms with E-state index in [2.05, 4.69) is 18.7 Å². The fraction of sp³-hybridized carbons (Fsp3) is 0.375. The van der Waals surface area contributed by atoms with Gasteiger partial charge >= 0.3 is 0 Å². The number of benzene rings is 2. The van der Waals surface area contributed by atoms with E-state index in [9.17, 15) is 9.90 Å². The summed E-state index contributed by atoms with van der Waals surface area (Å²) in [5.74, 6) is 1.93. The Bertz CT molecular complexity index is 1090. The van der Waals surface area contributed by atoms with Gasteiger partial charge in [-0.3, -0.25) is 9.69 Å². The lowest BCUT2D eigenvalue weighted by molar-refractivity contribution is 0.133. The molecule has 0 aliphatic carbocycles. The van der Waals surface area contributed by atoms with Crippen LogP contribution in [0.3, 0.4) is 0 Å². The van der Waals surface area contributed by atoms with Crippen LogP contribution in [-0.4, -0.2) is 23.1 Å². The number of phenolic OH excluding ortho intramolecular Hbond substituents is 1. The molecule has 1 aromatic heterocycles. The number of aromatic hydroxyl groups is 1. The molecule has 2 unspecified atom stereocenters. The topological polar surface area (TPSA) is 53.7 Å². The molecule has 0 amide bonds. The minimum absolute atomic E-state index is 0.0901. The summed E-state index contributed by atoms with van der Waals surface area (Å²) in [7, 11) is 0. The second-order valence-corrected chi connectivity index (χ2v) is 8.89. The molecule has 152 valence electrons. The zero-order valence-corrected chi connectivity index (χ0v) is 17.8. The van der Waals surface area contributed by atoms with Gasteiger partial charge in [0, 0.05) is 24.7 Å².